The van der Waals surface area contributed by atoms with Crippen LogP contribution in [-0.4, -0.2) is 25.2 Å². The molecule has 0 bridgehead atoms. The van der Waals surface area contributed by atoms with Crippen LogP contribution in [0.25, 0.3) is 0 Å². The molecule has 0 saturated carbocycles. The molecule has 2 heterocycles. The molecule has 2 aliphatic rings. The molecular weight excluding hydrogens is 230 g/mol. The Morgan fingerprint density at radius 2 is 2.33 bits per heavy atom. The zero-order valence-electron chi connectivity index (χ0n) is 10.3. The van der Waals surface area contributed by atoms with Crippen LogP contribution in [0.5, 0.6) is 5.75 Å². The van der Waals surface area contributed by atoms with Crippen LogP contribution in [0.1, 0.15) is 24.0 Å². The van der Waals surface area contributed by atoms with Crippen LogP contribution in [0.3, 0.4) is 0 Å². The standard InChI is InChI=1S/C14H17NO3/c16-14(13-2-1-6-17-13)15-9-10-3-4-12-11(8-10)5-7-18-12/h3-4,8,13H,1-2,5-7,9H2,(H,15,16). The highest BCUT2D eigenvalue weighted by Crippen LogP contribution is 2.25. The number of benzene rings is 1. The lowest BCUT2D eigenvalue weighted by atomic mass is 10.1. The summed E-state index contributed by atoms with van der Waals surface area (Å²) in [5.74, 6) is 0.980. The molecule has 1 atom stereocenters. The van der Waals surface area contributed by atoms with Crippen molar-refractivity contribution in [3.05, 3.63) is 29.3 Å². The molecule has 0 aromatic heterocycles. The third kappa shape index (κ3) is 2.34. The molecule has 3 rings (SSSR count). The molecule has 2 aliphatic heterocycles. The Morgan fingerprint density at radius 3 is 3.17 bits per heavy atom. The highest BCUT2D eigenvalue weighted by Gasteiger charge is 2.23. The first kappa shape index (κ1) is 11.5. The second kappa shape index (κ2) is 4.98. The molecule has 1 aromatic carbocycles. The van der Waals surface area contributed by atoms with Gasteiger partial charge < -0.3 is 14.8 Å². The minimum atomic E-state index is -0.247. The zero-order valence-corrected chi connectivity index (χ0v) is 10.3. The maximum Gasteiger partial charge on any atom is 0.249 e. The first-order valence-electron chi connectivity index (χ1n) is 6.47. The second-order valence-electron chi connectivity index (χ2n) is 4.76. The minimum absolute atomic E-state index is 0.00393. The Balaban J connectivity index is 1.58. The highest BCUT2D eigenvalue weighted by atomic mass is 16.5. The summed E-state index contributed by atoms with van der Waals surface area (Å²) in [5, 5.41) is 2.93. The van der Waals surface area contributed by atoms with Crippen molar-refractivity contribution < 1.29 is 14.3 Å². The van der Waals surface area contributed by atoms with E-state index < -0.39 is 0 Å². The Morgan fingerprint density at radius 1 is 1.39 bits per heavy atom. The topological polar surface area (TPSA) is 47.6 Å². The Hall–Kier alpha value is -1.55. The average Bonchev–Trinajstić information content (AvgIpc) is 3.05. The molecule has 1 aromatic rings. The fourth-order valence-corrected chi connectivity index (χ4v) is 2.44. The maximum absolute atomic E-state index is 11.8. The molecule has 0 spiro atoms. The van der Waals surface area contributed by atoms with Crippen molar-refractivity contribution in [3.63, 3.8) is 0 Å². The third-order valence-electron chi connectivity index (χ3n) is 3.44. The fourth-order valence-electron chi connectivity index (χ4n) is 2.44. The Bertz CT molecular complexity index is 452. The summed E-state index contributed by atoms with van der Waals surface area (Å²) >= 11 is 0. The molecular formula is C14H17NO3. The molecule has 1 saturated heterocycles. The quantitative estimate of drug-likeness (QED) is 0.878. The largest absolute Gasteiger partial charge is 0.493 e. The SMILES string of the molecule is O=C(NCc1ccc2c(c1)CCO2)C1CCCO1. The zero-order chi connectivity index (χ0) is 12.4. The normalized spacial score (nSPS) is 21.4. The van der Waals surface area contributed by atoms with Crippen LogP contribution in [0.15, 0.2) is 18.2 Å². The number of rotatable bonds is 3. The molecule has 96 valence electrons. The van der Waals surface area contributed by atoms with Crippen molar-refractivity contribution in [1.29, 1.82) is 0 Å². The van der Waals surface area contributed by atoms with Gasteiger partial charge in [-0.05, 0) is 30.0 Å². The van der Waals surface area contributed by atoms with Gasteiger partial charge in [0.1, 0.15) is 11.9 Å². The number of carbonyl (C=O) groups is 1. The van der Waals surface area contributed by atoms with Gasteiger partial charge in [0.2, 0.25) is 5.91 Å². The molecule has 4 nitrogen and oxygen atoms in total. The van der Waals surface area contributed by atoms with Gasteiger partial charge in [-0.2, -0.15) is 0 Å². The van der Waals surface area contributed by atoms with Crippen molar-refractivity contribution >= 4 is 5.91 Å². The van der Waals surface area contributed by atoms with E-state index in [4.69, 9.17) is 9.47 Å². The molecule has 0 aliphatic carbocycles. The van der Waals surface area contributed by atoms with Crippen molar-refractivity contribution in [2.45, 2.75) is 31.9 Å². The monoisotopic (exact) mass is 247 g/mol. The van der Waals surface area contributed by atoms with E-state index in [2.05, 4.69) is 11.4 Å². The number of hydrogen-bond acceptors (Lipinski definition) is 3. The molecule has 1 unspecified atom stereocenters. The van der Waals surface area contributed by atoms with Crippen molar-refractivity contribution in [1.82, 2.24) is 5.32 Å². The smallest absolute Gasteiger partial charge is 0.249 e. The van der Waals surface area contributed by atoms with Gasteiger partial charge in [-0.1, -0.05) is 12.1 Å². The van der Waals surface area contributed by atoms with Gasteiger partial charge in [0, 0.05) is 19.6 Å². The van der Waals surface area contributed by atoms with Crippen LogP contribution >= 0.6 is 0 Å². The van der Waals surface area contributed by atoms with E-state index in [9.17, 15) is 4.79 Å². The third-order valence-corrected chi connectivity index (χ3v) is 3.44. The van der Waals surface area contributed by atoms with E-state index in [0.29, 0.717) is 13.2 Å². The molecule has 1 amide bonds. The number of amides is 1. The van der Waals surface area contributed by atoms with E-state index in [0.717, 1.165) is 37.2 Å². The summed E-state index contributed by atoms with van der Waals surface area (Å²) in [7, 11) is 0. The van der Waals surface area contributed by atoms with Gasteiger partial charge in [0.15, 0.2) is 0 Å². The van der Waals surface area contributed by atoms with E-state index in [-0.39, 0.29) is 12.0 Å². The summed E-state index contributed by atoms with van der Waals surface area (Å²) < 4.78 is 10.8. The lowest BCUT2D eigenvalue weighted by Crippen LogP contribution is -2.33. The van der Waals surface area contributed by atoms with Gasteiger partial charge in [-0.25, -0.2) is 0 Å². The molecule has 4 heteroatoms. The van der Waals surface area contributed by atoms with Gasteiger partial charge in [-0.15, -0.1) is 0 Å². The summed E-state index contributed by atoms with van der Waals surface area (Å²) in [6.45, 7) is 2.03. The van der Waals surface area contributed by atoms with Crippen LogP contribution in [0.4, 0.5) is 0 Å². The first-order chi connectivity index (χ1) is 8.83. The van der Waals surface area contributed by atoms with E-state index >= 15 is 0 Å². The predicted octanol–water partition coefficient (Wildman–Crippen LogP) is 1.42. The van der Waals surface area contributed by atoms with Crippen LogP contribution in [0, 0.1) is 0 Å². The molecule has 1 fully saturated rings. The van der Waals surface area contributed by atoms with Gasteiger partial charge in [-0.3, -0.25) is 4.79 Å². The Kier molecular flexibility index (Phi) is 3.19. The van der Waals surface area contributed by atoms with Crippen LogP contribution in [0.2, 0.25) is 0 Å². The second-order valence-corrected chi connectivity index (χ2v) is 4.76. The number of ether oxygens (including phenoxy) is 2. The van der Waals surface area contributed by atoms with Crippen molar-refractivity contribution in [2.75, 3.05) is 13.2 Å². The minimum Gasteiger partial charge on any atom is -0.493 e. The fraction of sp³-hybridized carbons (Fsp3) is 0.500. The average molecular weight is 247 g/mol. The predicted molar refractivity (Wildman–Crippen MR) is 66.5 cm³/mol. The van der Waals surface area contributed by atoms with Gasteiger partial charge >= 0.3 is 0 Å². The Labute approximate surface area is 106 Å². The number of nitrogens with one attached hydrogen (secondary N) is 1. The number of carbonyl (C=O) groups excluding carboxylic acids is 1. The van der Waals surface area contributed by atoms with E-state index in [1.807, 2.05) is 12.1 Å². The van der Waals surface area contributed by atoms with Crippen LogP contribution in [-0.2, 0) is 22.5 Å². The summed E-state index contributed by atoms with van der Waals surface area (Å²) in [6, 6.07) is 6.09. The van der Waals surface area contributed by atoms with Crippen LogP contribution < -0.4 is 10.1 Å². The van der Waals surface area contributed by atoms with E-state index in [1.54, 1.807) is 0 Å². The highest BCUT2D eigenvalue weighted by molar-refractivity contribution is 5.80. The lowest BCUT2D eigenvalue weighted by Gasteiger charge is -2.10. The summed E-state index contributed by atoms with van der Waals surface area (Å²) in [4.78, 5) is 11.8. The van der Waals surface area contributed by atoms with E-state index in [1.165, 1.54) is 5.56 Å². The number of hydrogen-bond donors (Lipinski definition) is 1. The summed E-state index contributed by atoms with van der Waals surface area (Å²) in [6.07, 6.45) is 2.53. The first-order valence-corrected chi connectivity index (χ1v) is 6.47. The maximum atomic E-state index is 11.8. The molecule has 0 radical (unpaired) electrons. The molecule has 18 heavy (non-hydrogen) atoms. The van der Waals surface area contributed by atoms with Gasteiger partial charge in [0.05, 0.1) is 6.61 Å². The summed E-state index contributed by atoms with van der Waals surface area (Å²) in [5.41, 5.74) is 2.35. The van der Waals surface area contributed by atoms with Crippen molar-refractivity contribution in [3.8, 4) is 5.75 Å². The van der Waals surface area contributed by atoms with Crippen molar-refractivity contribution in [2.24, 2.45) is 0 Å². The number of fused-ring (bicyclic) bond motifs is 1. The molecule has 1 N–H and O–H groups in total. The lowest BCUT2D eigenvalue weighted by molar-refractivity contribution is -0.130. The van der Waals surface area contributed by atoms with Gasteiger partial charge in [0.25, 0.3) is 0 Å².